The SMILES string of the molecule is Cc1ccc(C(C)C)c(O)c1CC(C)O. The smallest absolute Gasteiger partial charge is 0.122 e. The molecular weight excluding hydrogens is 188 g/mol. The number of phenols is 1. The Kier molecular flexibility index (Phi) is 3.75. The summed E-state index contributed by atoms with van der Waals surface area (Å²) in [6.45, 7) is 7.80. The molecule has 0 heterocycles. The Bertz CT molecular complexity index is 341. The first kappa shape index (κ1) is 12.1. The Hall–Kier alpha value is -1.02. The van der Waals surface area contributed by atoms with E-state index in [0.29, 0.717) is 18.1 Å². The van der Waals surface area contributed by atoms with Crippen LogP contribution >= 0.6 is 0 Å². The molecule has 15 heavy (non-hydrogen) atoms. The maximum atomic E-state index is 10.1. The molecule has 1 aromatic rings. The van der Waals surface area contributed by atoms with Crippen molar-refractivity contribution in [2.75, 3.05) is 0 Å². The quantitative estimate of drug-likeness (QED) is 0.801. The average molecular weight is 208 g/mol. The third kappa shape index (κ3) is 2.72. The first-order valence-electron chi connectivity index (χ1n) is 5.43. The molecule has 0 aliphatic heterocycles. The largest absolute Gasteiger partial charge is 0.507 e. The number of aryl methyl sites for hydroxylation is 1. The summed E-state index contributed by atoms with van der Waals surface area (Å²) < 4.78 is 0. The summed E-state index contributed by atoms with van der Waals surface area (Å²) in [5.74, 6) is 0.657. The van der Waals surface area contributed by atoms with Gasteiger partial charge >= 0.3 is 0 Å². The third-order valence-electron chi connectivity index (χ3n) is 2.67. The predicted octanol–water partition coefficient (Wildman–Crippen LogP) is 2.75. The second-order valence-corrected chi connectivity index (χ2v) is 4.51. The van der Waals surface area contributed by atoms with E-state index in [1.807, 2.05) is 19.1 Å². The standard InChI is InChI=1S/C13H20O2/c1-8(2)11-6-5-9(3)12(13(11)15)7-10(4)14/h5-6,8,10,14-15H,7H2,1-4H3. The van der Waals surface area contributed by atoms with Crippen molar-refractivity contribution in [2.45, 2.75) is 46.1 Å². The molecular formula is C13H20O2. The zero-order valence-corrected chi connectivity index (χ0v) is 9.91. The summed E-state index contributed by atoms with van der Waals surface area (Å²) in [6.07, 6.45) is 0.0927. The van der Waals surface area contributed by atoms with Crippen LogP contribution in [0.15, 0.2) is 12.1 Å². The molecule has 84 valence electrons. The summed E-state index contributed by atoms with van der Waals surface area (Å²) in [7, 11) is 0. The van der Waals surface area contributed by atoms with E-state index in [2.05, 4.69) is 13.8 Å². The molecule has 0 aliphatic rings. The molecule has 0 radical (unpaired) electrons. The molecule has 2 nitrogen and oxygen atoms in total. The number of hydrogen-bond acceptors (Lipinski definition) is 2. The van der Waals surface area contributed by atoms with Crippen molar-refractivity contribution < 1.29 is 10.2 Å². The predicted molar refractivity (Wildman–Crippen MR) is 62.3 cm³/mol. The Morgan fingerprint density at radius 3 is 2.27 bits per heavy atom. The van der Waals surface area contributed by atoms with Crippen molar-refractivity contribution in [3.63, 3.8) is 0 Å². The highest BCUT2D eigenvalue weighted by molar-refractivity contribution is 5.46. The van der Waals surface area contributed by atoms with Crippen molar-refractivity contribution in [1.82, 2.24) is 0 Å². The van der Waals surface area contributed by atoms with E-state index >= 15 is 0 Å². The fourth-order valence-electron chi connectivity index (χ4n) is 1.77. The van der Waals surface area contributed by atoms with Crippen LogP contribution in [-0.2, 0) is 6.42 Å². The summed E-state index contributed by atoms with van der Waals surface area (Å²) in [5, 5.41) is 19.5. The molecule has 0 saturated heterocycles. The molecule has 2 N–H and O–H groups in total. The lowest BCUT2D eigenvalue weighted by molar-refractivity contribution is 0.194. The minimum Gasteiger partial charge on any atom is -0.507 e. The Morgan fingerprint density at radius 2 is 1.80 bits per heavy atom. The van der Waals surface area contributed by atoms with E-state index in [-0.39, 0.29) is 0 Å². The highest BCUT2D eigenvalue weighted by Crippen LogP contribution is 2.31. The van der Waals surface area contributed by atoms with Crippen LogP contribution in [0.2, 0.25) is 0 Å². The van der Waals surface area contributed by atoms with Gasteiger partial charge in [-0.05, 0) is 36.5 Å². The summed E-state index contributed by atoms with van der Waals surface area (Å²) >= 11 is 0. The van der Waals surface area contributed by atoms with E-state index in [4.69, 9.17) is 0 Å². The lowest BCUT2D eigenvalue weighted by atomic mass is 9.93. The number of aromatic hydroxyl groups is 1. The molecule has 1 unspecified atom stereocenters. The van der Waals surface area contributed by atoms with Crippen LogP contribution in [0.5, 0.6) is 5.75 Å². The minimum absolute atomic E-state index is 0.304. The molecule has 0 saturated carbocycles. The monoisotopic (exact) mass is 208 g/mol. The van der Waals surface area contributed by atoms with E-state index in [1.165, 1.54) is 0 Å². The number of aliphatic hydroxyl groups excluding tert-OH is 1. The molecule has 1 atom stereocenters. The highest BCUT2D eigenvalue weighted by Gasteiger charge is 2.13. The highest BCUT2D eigenvalue weighted by atomic mass is 16.3. The van der Waals surface area contributed by atoms with Crippen LogP contribution in [0.3, 0.4) is 0 Å². The Labute approximate surface area is 91.6 Å². The molecule has 0 amide bonds. The molecule has 0 spiro atoms. The molecule has 2 heteroatoms. The number of phenolic OH excluding ortho intramolecular Hbond substituents is 1. The van der Waals surface area contributed by atoms with Crippen molar-refractivity contribution in [2.24, 2.45) is 0 Å². The van der Waals surface area contributed by atoms with Gasteiger partial charge in [-0.25, -0.2) is 0 Å². The second kappa shape index (κ2) is 4.67. The van der Waals surface area contributed by atoms with Gasteiger partial charge < -0.3 is 10.2 Å². The molecule has 1 aromatic carbocycles. The molecule has 0 aliphatic carbocycles. The van der Waals surface area contributed by atoms with Gasteiger partial charge in [0.25, 0.3) is 0 Å². The van der Waals surface area contributed by atoms with Gasteiger partial charge in [0.05, 0.1) is 6.10 Å². The maximum Gasteiger partial charge on any atom is 0.122 e. The van der Waals surface area contributed by atoms with Gasteiger partial charge in [0.15, 0.2) is 0 Å². The first-order valence-corrected chi connectivity index (χ1v) is 5.43. The Balaban J connectivity index is 3.18. The van der Waals surface area contributed by atoms with Crippen LogP contribution in [0.25, 0.3) is 0 Å². The number of aliphatic hydroxyl groups is 1. The Morgan fingerprint density at radius 1 is 1.20 bits per heavy atom. The molecule has 0 aromatic heterocycles. The van der Waals surface area contributed by atoms with Gasteiger partial charge in [-0.1, -0.05) is 26.0 Å². The average Bonchev–Trinajstić information content (AvgIpc) is 2.11. The number of benzene rings is 1. The van der Waals surface area contributed by atoms with E-state index in [0.717, 1.165) is 16.7 Å². The van der Waals surface area contributed by atoms with Gasteiger partial charge in [0.1, 0.15) is 5.75 Å². The van der Waals surface area contributed by atoms with E-state index in [9.17, 15) is 10.2 Å². The summed E-state index contributed by atoms with van der Waals surface area (Å²) in [6, 6.07) is 3.97. The van der Waals surface area contributed by atoms with E-state index < -0.39 is 6.10 Å². The lowest BCUT2D eigenvalue weighted by Gasteiger charge is -2.16. The summed E-state index contributed by atoms with van der Waals surface area (Å²) in [4.78, 5) is 0. The fourth-order valence-corrected chi connectivity index (χ4v) is 1.77. The zero-order chi connectivity index (χ0) is 11.6. The van der Waals surface area contributed by atoms with Gasteiger partial charge in [0.2, 0.25) is 0 Å². The first-order chi connectivity index (χ1) is 6.93. The van der Waals surface area contributed by atoms with Crippen LogP contribution in [-0.4, -0.2) is 16.3 Å². The van der Waals surface area contributed by atoms with Crippen molar-refractivity contribution in [3.05, 3.63) is 28.8 Å². The van der Waals surface area contributed by atoms with E-state index in [1.54, 1.807) is 6.92 Å². The lowest BCUT2D eigenvalue weighted by Crippen LogP contribution is -2.07. The normalized spacial score (nSPS) is 13.2. The fraction of sp³-hybridized carbons (Fsp3) is 0.538. The van der Waals surface area contributed by atoms with Gasteiger partial charge in [-0.15, -0.1) is 0 Å². The van der Waals surface area contributed by atoms with Crippen molar-refractivity contribution >= 4 is 0 Å². The molecule has 0 bridgehead atoms. The second-order valence-electron chi connectivity index (χ2n) is 4.51. The molecule has 1 rings (SSSR count). The third-order valence-corrected chi connectivity index (χ3v) is 2.67. The van der Waals surface area contributed by atoms with Crippen LogP contribution in [0.1, 0.15) is 43.4 Å². The van der Waals surface area contributed by atoms with Crippen LogP contribution in [0.4, 0.5) is 0 Å². The summed E-state index contributed by atoms with van der Waals surface area (Å²) in [5.41, 5.74) is 2.87. The van der Waals surface area contributed by atoms with Crippen molar-refractivity contribution in [1.29, 1.82) is 0 Å². The minimum atomic E-state index is -0.419. The van der Waals surface area contributed by atoms with Crippen LogP contribution in [0, 0.1) is 6.92 Å². The maximum absolute atomic E-state index is 10.1. The van der Waals surface area contributed by atoms with Gasteiger partial charge in [-0.3, -0.25) is 0 Å². The zero-order valence-electron chi connectivity index (χ0n) is 9.91. The van der Waals surface area contributed by atoms with Crippen molar-refractivity contribution in [3.8, 4) is 5.75 Å². The topological polar surface area (TPSA) is 40.5 Å². The molecule has 0 fully saturated rings. The number of rotatable bonds is 3. The van der Waals surface area contributed by atoms with Gasteiger partial charge in [0, 0.05) is 6.42 Å². The van der Waals surface area contributed by atoms with Gasteiger partial charge in [-0.2, -0.15) is 0 Å². The number of hydrogen-bond donors (Lipinski definition) is 2. The van der Waals surface area contributed by atoms with Crippen LogP contribution < -0.4 is 0 Å².